The zero-order chi connectivity index (χ0) is 17.4. The van der Waals surface area contributed by atoms with E-state index in [2.05, 4.69) is 25.6 Å². The summed E-state index contributed by atoms with van der Waals surface area (Å²) < 4.78 is 2.02. The molecule has 0 amide bonds. The maximum Gasteiger partial charge on any atom is 0.203 e. The molecule has 0 bridgehead atoms. The van der Waals surface area contributed by atoms with Crippen LogP contribution in [0.15, 0.2) is 41.4 Å². The minimum absolute atomic E-state index is 0.547. The SMILES string of the molecule is CN=C(Nc1nc2c(Cl)cccc2s1)Nc1nc2c(Cl)cccc2s1. The average molecular weight is 408 g/mol. The van der Waals surface area contributed by atoms with E-state index in [4.69, 9.17) is 23.2 Å². The van der Waals surface area contributed by atoms with Gasteiger partial charge in [0, 0.05) is 7.05 Å². The zero-order valence-electron chi connectivity index (χ0n) is 12.9. The normalized spacial score (nSPS) is 11.0. The van der Waals surface area contributed by atoms with Gasteiger partial charge in [0.2, 0.25) is 5.96 Å². The van der Waals surface area contributed by atoms with Crippen molar-refractivity contribution in [1.29, 1.82) is 0 Å². The van der Waals surface area contributed by atoms with Gasteiger partial charge in [-0.1, -0.05) is 58.0 Å². The number of guanidine groups is 1. The molecule has 0 aliphatic carbocycles. The van der Waals surface area contributed by atoms with Crippen molar-refractivity contribution in [3.63, 3.8) is 0 Å². The molecule has 9 heteroatoms. The number of fused-ring (bicyclic) bond motifs is 2. The predicted octanol–water partition coefficient (Wildman–Crippen LogP) is 5.72. The van der Waals surface area contributed by atoms with Gasteiger partial charge in [-0.25, -0.2) is 9.97 Å². The Balaban J connectivity index is 1.59. The highest BCUT2D eigenvalue weighted by Crippen LogP contribution is 2.32. The number of hydrogen-bond donors (Lipinski definition) is 2. The topological polar surface area (TPSA) is 62.2 Å². The first-order chi connectivity index (χ1) is 12.1. The molecular weight excluding hydrogens is 397 g/mol. The number of para-hydroxylation sites is 2. The number of rotatable bonds is 2. The van der Waals surface area contributed by atoms with E-state index in [1.807, 2.05) is 36.4 Å². The molecule has 126 valence electrons. The van der Waals surface area contributed by atoms with Crippen LogP contribution in [0.4, 0.5) is 10.3 Å². The summed E-state index contributed by atoms with van der Waals surface area (Å²) in [6.07, 6.45) is 0. The van der Waals surface area contributed by atoms with E-state index >= 15 is 0 Å². The number of halogens is 2. The lowest BCUT2D eigenvalue weighted by atomic mass is 10.3. The number of thiazole rings is 2. The molecular formula is C16H11Cl2N5S2. The number of nitrogens with zero attached hydrogens (tertiary/aromatic N) is 3. The minimum atomic E-state index is 0.547. The molecule has 0 saturated carbocycles. The smallest absolute Gasteiger partial charge is 0.203 e. The van der Waals surface area contributed by atoms with Gasteiger partial charge in [-0.15, -0.1) is 0 Å². The highest BCUT2D eigenvalue weighted by Gasteiger charge is 2.11. The van der Waals surface area contributed by atoms with Gasteiger partial charge in [0.25, 0.3) is 0 Å². The Kier molecular flexibility index (Phi) is 4.47. The summed E-state index contributed by atoms with van der Waals surface area (Å²) in [5, 5.41) is 9.02. The quantitative estimate of drug-likeness (QED) is 0.329. The molecule has 0 aliphatic rings. The first-order valence-corrected chi connectivity index (χ1v) is 9.64. The predicted molar refractivity (Wildman–Crippen MR) is 110 cm³/mol. The third-order valence-electron chi connectivity index (χ3n) is 3.41. The molecule has 2 aromatic heterocycles. The maximum absolute atomic E-state index is 6.18. The molecule has 4 aromatic rings. The van der Waals surface area contributed by atoms with Gasteiger partial charge in [0.05, 0.1) is 19.4 Å². The first kappa shape index (κ1) is 16.5. The summed E-state index contributed by atoms with van der Waals surface area (Å²) in [6.45, 7) is 0. The molecule has 4 rings (SSSR count). The molecule has 0 radical (unpaired) electrons. The molecule has 2 aromatic carbocycles. The molecule has 2 heterocycles. The molecule has 5 nitrogen and oxygen atoms in total. The van der Waals surface area contributed by atoms with Crippen LogP contribution in [0.2, 0.25) is 10.0 Å². The van der Waals surface area contributed by atoms with Crippen LogP contribution in [-0.4, -0.2) is 23.0 Å². The van der Waals surface area contributed by atoms with Gasteiger partial charge >= 0.3 is 0 Å². The van der Waals surface area contributed by atoms with Crippen LogP contribution < -0.4 is 10.6 Å². The molecule has 0 atom stereocenters. The molecule has 0 aliphatic heterocycles. The number of benzene rings is 2. The number of aromatic nitrogens is 2. The van der Waals surface area contributed by atoms with E-state index in [9.17, 15) is 0 Å². The van der Waals surface area contributed by atoms with Crippen LogP contribution in [0, 0.1) is 0 Å². The van der Waals surface area contributed by atoms with Crippen LogP contribution in [-0.2, 0) is 0 Å². The van der Waals surface area contributed by atoms with Crippen LogP contribution in [0.3, 0.4) is 0 Å². The third kappa shape index (κ3) is 3.28. The molecule has 0 fully saturated rings. The second-order valence-electron chi connectivity index (χ2n) is 5.03. The van der Waals surface area contributed by atoms with Crippen molar-refractivity contribution in [2.45, 2.75) is 0 Å². The standard InChI is InChI=1S/C16H11Cl2N5S2/c1-19-14(22-15-20-12-8(17)4-2-6-10(12)24-15)23-16-21-13-9(18)5-3-7-11(13)25-16/h2-7H,1H3,(H2,19,20,21,22,23). The minimum Gasteiger partial charge on any atom is -0.302 e. The summed E-state index contributed by atoms with van der Waals surface area (Å²) in [6, 6.07) is 11.4. The third-order valence-corrected chi connectivity index (χ3v) is 5.90. The van der Waals surface area contributed by atoms with E-state index in [1.54, 1.807) is 7.05 Å². The van der Waals surface area contributed by atoms with E-state index in [0.29, 0.717) is 26.3 Å². The number of aliphatic imine (C=N–C) groups is 1. The summed E-state index contributed by atoms with van der Waals surface area (Å²) >= 11 is 15.4. The van der Waals surface area contributed by atoms with E-state index < -0.39 is 0 Å². The largest absolute Gasteiger partial charge is 0.302 e. The van der Waals surface area contributed by atoms with Gasteiger partial charge in [0.1, 0.15) is 11.0 Å². The van der Waals surface area contributed by atoms with Gasteiger partial charge in [-0.2, -0.15) is 0 Å². The van der Waals surface area contributed by atoms with Crippen molar-refractivity contribution in [3.05, 3.63) is 46.4 Å². The van der Waals surface area contributed by atoms with Crippen molar-refractivity contribution in [3.8, 4) is 0 Å². The van der Waals surface area contributed by atoms with Crippen LogP contribution in [0.1, 0.15) is 0 Å². The van der Waals surface area contributed by atoms with E-state index in [0.717, 1.165) is 20.4 Å². The van der Waals surface area contributed by atoms with Crippen molar-refractivity contribution >= 4 is 82.5 Å². The monoisotopic (exact) mass is 407 g/mol. The van der Waals surface area contributed by atoms with Gasteiger partial charge in [-0.3, -0.25) is 4.99 Å². The molecule has 0 unspecified atom stereocenters. The van der Waals surface area contributed by atoms with Crippen LogP contribution in [0.5, 0.6) is 0 Å². The Hall–Kier alpha value is -1.93. The van der Waals surface area contributed by atoms with Crippen molar-refractivity contribution in [2.75, 3.05) is 17.7 Å². The van der Waals surface area contributed by atoms with Crippen LogP contribution in [0.25, 0.3) is 20.4 Å². The maximum atomic E-state index is 6.18. The fraction of sp³-hybridized carbons (Fsp3) is 0.0625. The summed E-state index contributed by atoms with van der Waals surface area (Å²) in [5.41, 5.74) is 1.55. The lowest BCUT2D eigenvalue weighted by Gasteiger charge is -2.06. The Morgan fingerprint density at radius 3 is 1.76 bits per heavy atom. The van der Waals surface area contributed by atoms with E-state index in [1.165, 1.54) is 22.7 Å². The molecule has 0 saturated heterocycles. The molecule has 2 N–H and O–H groups in total. The van der Waals surface area contributed by atoms with Crippen molar-refractivity contribution < 1.29 is 0 Å². The second kappa shape index (κ2) is 6.76. The van der Waals surface area contributed by atoms with E-state index in [-0.39, 0.29) is 0 Å². The highest BCUT2D eigenvalue weighted by molar-refractivity contribution is 7.23. The number of hydrogen-bond acceptors (Lipinski definition) is 5. The lowest BCUT2D eigenvalue weighted by Crippen LogP contribution is -2.21. The lowest BCUT2D eigenvalue weighted by molar-refractivity contribution is 1.37. The number of anilines is 2. The Bertz CT molecular complexity index is 1020. The summed E-state index contributed by atoms with van der Waals surface area (Å²) in [7, 11) is 1.69. The fourth-order valence-corrected chi connectivity index (χ4v) is 4.61. The Morgan fingerprint density at radius 2 is 1.36 bits per heavy atom. The van der Waals surface area contributed by atoms with Crippen molar-refractivity contribution in [2.24, 2.45) is 4.99 Å². The number of nitrogens with one attached hydrogen (secondary N) is 2. The average Bonchev–Trinajstić information content (AvgIpc) is 3.19. The zero-order valence-corrected chi connectivity index (χ0v) is 16.0. The first-order valence-electron chi connectivity index (χ1n) is 7.25. The van der Waals surface area contributed by atoms with Gasteiger partial charge in [0.15, 0.2) is 10.3 Å². The Labute approximate surface area is 161 Å². The Morgan fingerprint density at radius 1 is 0.880 bits per heavy atom. The summed E-state index contributed by atoms with van der Waals surface area (Å²) in [5.74, 6) is 0.547. The van der Waals surface area contributed by atoms with Crippen LogP contribution >= 0.6 is 45.9 Å². The fourth-order valence-electron chi connectivity index (χ4n) is 2.28. The van der Waals surface area contributed by atoms with Crippen molar-refractivity contribution in [1.82, 2.24) is 9.97 Å². The highest BCUT2D eigenvalue weighted by atomic mass is 35.5. The second-order valence-corrected chi connectivity index (χ2v) is 7.91. The molecule has 25 heavy (non-hydrogen) atoms. The van der Waals surface area contributed by atoms with Gasteiger partial charge < -0.3 is 10.6 Å². The van der Waals surface area contributed by atoms with Gasteiger partial charge in [-0.05, 0) is 24.3 Å². The summed E-state index contributed by atoms with van der Waals surface area (Å²) in [4.78, 5) is 13.3. The molecule has 0 spiro atoms.